The van der Waals surface area contributed by atoms with Gasteiger partial charge < -0.3 is 0 Å². The lowest BCUT2D eigenvalue weighted by molar-refractivity contribution is 0.479. The molecule has 0 aliphatic heterocycles. The number of hydrogen-bond acceptors (Lipinski definition) is 2. The van der Waals surface area contributed by atoms with Gasteiger partial charge in [-0.1, -0.05) is 49.9 Å². The summed E-state index contributed by atoms with van der Waals surface area (Å²) in [4.78, 5) is 0.103. The van der Waals surface area contributed by atoms with Crippen LogP contribution in [0, 0.1) is 5.92 Å². The third-order valence-corrected chi connectivity index (χ3v) is 4.70. The van der Waals surface area contributed by atoms with Gasteiger partial charge in [-0.15, -0.1) is 0 Å². The van der Waals surface area contributed by atoms with Crippen LogP contribution in [-0.2, 0) is 10.0 Å². The molecule has 0 aliphatic carbocycles. The van der Waals surface area contributed by atoms with E-state index in [0.717, 1.165) is 12.8 Å². The van der Waals surface area contributed by atoms with Crippen LogP contribution in [0.5, 0.6) is 0 Å². The van der Waals surface area contributed by atoms with Gasteiger partial charge in [0.1, 0.15) is 0 Å². The minimum absolute atomic E-state index is 0.103. The van der Waals surface area contributed by atoms with E-state index >= 15 is 0 Å². The molecule has 1 aromatic carbocycles. The van der Waals surface area contributed by atoms with Gasteiger partial charge in [0.05, 0.1) is 4.90 Å². The fourth-order valence-corrected chi connectivity index (χ4v) is 3.41. The Morgan fingerprint density at radius 1 is 1.11 bits per heavy atom. The molecule has 0 atom stereocenters. The lowest BCUT2D eigenvalue weighted by atomic mass is 10.0. The van der Waals surface area contributed by atoms with Gasteiger partial charge in [-0.05, 0) is 24.1 Å². The molecule has 102 valence electrons. The molecule has 0 aliphatic rings. The summed E-state index contributed by atoms with van der Waals surface area (Å²) in [5.74, 6) is 0.342. The van der Waals surface area contributed by atoms with Crippen LogP contribution in [0.4, 0.5) is 0 Å². The number of hydrogen-bond donors (Lipinski definition) is 1. The van der Waals surface area contributed by atoms with Crippen LogP contribution < -0.4 is 4.72 Å². The molecule has 0 heterocycles. The van der Waals surface area contributed by atoms with Gasteiger partial charge in [0.15, 0.2) is 0 Å². The highest BCUT2D eigenvalue weighted by molar-refractivity contribution is 7.89. The summed E-state index contributed by atoms with van der Waals surface area (Å²) in [7, 11) is -3.54. The first kappa shape index (κ1) is 15.8. The van der Waals surface area contributed by atoms with Crippen molar-refractivity contribution in [3.8, 4) is 0 Å². The van der Waals surface area contributed by atoms with Crippen molar-refractivity contribution < 1.29 is 8.42 Å². The van der Waals surface area contributed by atoms with Crippen LogP contribution in [0.25, 0.3) is 0 Å². The average Bonchev–Trinajstić information content (AvgIpc) is 2.29. The molecule has 3 nitrogen and oxygen atoms in total. The summed E-state index contributed by atoms with van der Waals surface area (Å²) < 4.78 is 26.7. The minimum atomic E-state index is -3.54. The Balaban J connectivity index is 2.86. The molecule has 1 rings (SSSR count). The second kappa shape index (κ2) is 6.75. The molecule has 0 radical (unpaired) electrons. The van der Waals surface area contributed by atoms with E-state index in [0.29, 0.717) is 22.5 Å². The quantitative estimate of drug-likeness (QED) is 0.870. The van der Waals surface area contributed by atoms with E-state index in [2.05, 4.69) is 4.72 Å². The highest BCUT2D eigenvalue weighted by Gasteiger charge is 2.16. The number of halogens is 2. The van der Waals surface area contributed by atoms with Gasteiger partial charge in [-0.2, -0.15) is 0 Å². The normalized spacial score (nSPS) is 12.1. The van der Waals surface area contributed by atoms with Gasteiger partial charge in [-0.3, -0.25) is 0 Å². The molecule has 0 amide bonds. The molecule has 1 aromatic rings. The predicted molar refractivity (Wildman–Crippen MR) is 75.7 cm³/mol. The molecule has 0 unspecified atom stereocenters. The summed E-state index contributed by atoms with van der Waals surface area (Å²) in [6.45, 7) is 4.51. The second-order valence-electron chi connectivity index (χ2n) is 4.14. The molecule has 1 N–H and O–H groups in total. The SMILES string of the molecule is CCC(CC)CNS(=O)(=O)c1cc(Cl)cc(Cl)c1. The molecular formula is C12H17Cl2NO2S. The first-order chi connectivity index (χ1) is 8.39. The van der Waals surface area contributed by atoms with E-state index in [9.17, 15) is 8.42 Å². The van der Waals surface area contributed by atoms with Gasteiger partial charge in [-0.25, -0.2) is 13.1 Å². The molecule has 18 heavy (non-hydrogen) atoms. The van der Waals surface area contributed by atoms with Gasteiger partial charge in [0.25, 0.3) is 0 Å². The van der Waals surface area contributed by atoms with Crippen LogP contribution in [0.3, 0.4) is 0 Å². The maximum Gasteiger partial charge on any atom is 0.240 e. The Hall–Kier alpha value is -0.290. The van der Waals surface area contributed by atoms with E-state index in [1.54, 1.807) is 0 Å². The van der Waals surface area contributed by atoms with Crippen LogP contribution in [0.15, 0.2) is 23.1 Å². The fourth-order valence-electron chi connectivity index (χ4n) is 1.57. The molecule has 0 aromatic heterocycles. The van der Waals surface area contributed by atoms with Crippen LogP contribution >= 0.6 is 23.2 Å². The van der Waals surface area contributed by atoms with E-state index in [4.69, 9.17) is 23.2 Å². The molecule has 0 fully saturated rings. The maximum atomic E-state index is 12.0. The number of sulfonamides is 1. The summed E-state index contributed by atoms with van der Waals surface area (Å²) in [6, 6.07) is 4.29. The maximum absolute atomic E-state index is 12.0. The minimum Gasteiger partial charge on any atom is -0.211 e. The molecule has 0 saturated carbocycles. The van der Waals surface area contributed by atoms with E-state index in [1.165, 1.54) is 18.2 Å². The van der Waals surface area contributed by atoms with E-state index < -0.39 is 10.0 Å². The number of rotatable bonds is 6. The van der Waals surface area contributed by atoms with Crippen molar-refractivity contribution in [2.24, 2.45) is 5.92 Å². The molecular weight excluding hydrogens is 293 g/mol. The van der Waals surface area contributed by atoms with Crippen LogP contribution in [0.2, 0.25) is 10.0 Å². The summed E-state index contributed by atoms with van der Waals surface area (Å²) in [5.41, 5.74) is 0. The Kier molecular flexibility index (Phi) is 5.92. The largest absolute Gasteiger partial charge is 0.240 e. The standard InChI is InChI=1S/C12H17Cl2NO2S/c1-3-9(4-2)8-15-18(16,17)12-6-10(13)5-11(14)7-12/h5-7,9,15H,3-4,8H2,1-2H3. The molecule has 6 heteroatoms. The zero-order valence-electron chi connectivity index (χ0n) is 10.4. The fraction of sp³-hybridized carbons (Fsp3) is 0.500. The van der Waals surface area contributed by atoms with Crippen LogP contribution in [-0.4, -0.2) is 15.0 Å². The highest BCUT2D eigenvalue weighted by atomic mass is 35.5. The third kappa shape index (κ3) is 4.43. The Morgan fingerprint density at radius 3 is 2.06 bits per heavy atom. The predicted octanol–water partition coefficient (Wildman–Crippen LogP) is 3.71. The Labute approximate surface area is 119 Å². The van der Waals surface area contributed by atoms with Crippen molar-refractivity contribution in [1.82, 2.24) is 4.72 Å². The topological polar surface area (TPSA) is 46.2 Å². The molecule has 0 spiro atoms. The number of nitrogens with one attached hydrogen (secondary N) is 1. The van der Waals surface area contributed by atoms with Gasteiger partial charge in [0.2, 0.25) is 10.0 Å². The van der Waals surface area contributed by atoms with Crippen molar-refractivity contribution in [3.05, 3.63) is 28.2 Å². The average molecular weight is 310 g/mol. The molecule has 0 saturated heterocycles. The third-order valence-electron chi connectivity index (χ3n) is 2.86. The highest BCUT2D eigenvalue weighted by Crippen LogP contribution is 2.22. The lowest BCUT2D eigenvalue weighted by Gasteiger charge is -2.13. The van der Waals surface area contributed by atoms with Crippen LogP contribution in [0.1, 0.15) is 26.7 Å². The van der Waals surface area contributed by atoms with Gasteiger partial charge >= 0.3 is 0 Å². The van der Waals surface area contributed by atoms with Crippen molar-refractivity contribution in [1.29, 1.82) is 0 Å². The molecule has 0 bridgehead atoms. The zero-order chi connectivity index (χ0) is 13.8. The summed E-state index contributed by atoms with van der Waals surface area (Å²) in [5, 5.41) is 0.621. The van der Waals surface area contributed by atoms with Gasteiger partial charge in [0, 0.05) is 16.6 Å². The van der Waals surface area contributed by atoms with Crippen molar-refractivity contribution in [3.63, 3.8) is 0 Å². The lowest BCUT2D eigenvalue weighted by Crippen LogP contribution is -2.29. The Morgan fingerprint density at radius 2 is 1.61 bits per heavy atom. The Bertz CT molecular complexity index is 479. The monoisotopic (exact) mass is 309 g/mol. The first-order valence-electron chi connectivity index (χ1n) is 5.84. The first-order valence-corrected chi connectivity index (χ1v) is 8.08. The zero-order valence-corrected chi connectivity index (χ0v) is 12.7. The van der Waals surface area contributed by atoms with Crippen molar-refractivity contribution in [2.75, 3.05) is 6.54 Å². The van der Waals surface area contributed by atoms with Crippen molar-refractivity contribution >= 4 is 33.2 Å². The van der Waals surface area contributed by atoms with Crippen molar-refractivity contribution in [2.45, 2.75) is 31.6 Å². The van der Waals surface area contributed by atoms with E-state index in [1.807, 2.05) is 13.8 Å². The summed E-state index contributed by atoms with van der Waals surface area (Å²) >= 11 is 11.6. The summed E-state index contributed by atoms with van der Waals surface area (Å²) in [6.07, 6.45) is 1.88. The smallest absolute Gasteiger partial charge is 0.211 e. The second-order valence-corrected chi connectivity index (χ2v) is 6.78. The van der Waals surface area contributed by atoms with E-state index in [-0.39, 0.29) is 4.90 Å². The number of benzene rings is 1.